The van der Waals surface area contributed by atoms with Gasteiger partial charge in [-0.25, -0.2) is 0 Å². The van der Waals surface area contributed by atoms with Crippen molar-refractivity contribution in [2.24, 2.45) is 0 Å². The number of aliphatic hydroxyl groups excluding tert-OH is 2. The number of rotatable bonds is 8. The molecule has 3 heteroatoms. The van der Waals surface area contributed by atoms with Crippen LogP contribution in [0.1, 0.15) is 39.5 Å². The number of aliphatic hydroxyl groups is 2. The second kappa shape index (κ2) is 8.48. The SMILES string of the molecule is CCC(O)CCNC(C)CCCO. The number of hydrogen-bond donors (Lipinski definition) is 3. The molecule has 3 N–H and O–H groups in total. The van der Waals surface area contributed by atoms with E-state index in [1.54, 1.807) is 0 Å². The first-order chi connectivity index (χ1) is 6.20. The van der Waals surface area contributed by atoms with Crippen molar-refractivity contribution in [1.29, 1.82) is 0 Å². The Bertz CT molecular complexity index is 109. The molecule has 2 unspecified atom stereocenters. The third-order valence-corrected chi connectivity index (χ3v) is 2.24. The molecule has 3 nitrogen and oxygen atoms in total. The maximum atomic E-state index is 9.27. The Hall–Kier alpha value is -0.120. The van der Waals surface area contributed by atoms with Crippen LogP contribution in [0.25, 0.3) is 0 Å². The Kier molecular flexibility index (Phi) is 8.40. The molecule has 0 aromatic rings. The van der Waals surface area contributed by atoms with E-state index in [9.17, 15) is 5.11 Å². The van der Waals surface area contributed by atoms with Gasteiger partial charge in [-0.15, -0.1) is 0 Å². The molecular weight excluding hydrogens is 166 g/mol. The summed E-state index contributed by atoms with van der Waals surface area (Å²) < 4.78 is 0. The minimum Gasteiger partial charge on any atom is -0.396 e. The Morgan fingerprint density at radius 3 is 2.54 bits per heavy atom. The van der Waals surface area contributed by atoms with Crippen LogP contribution < -0.4 is 5.32 Å². The minimum absolute atomic E-state index is 0.169. The lowest BCUT2D eigenvalue weighted by Crippen LogP contribution is -2.29. The van der Waals surface area contributed by atoms with Gasteiger partial charge in [-0.05, 0) is 39.2 Å². The zero-order valence-electron chi connectivity index (χ0n) is 8.79. The summed E-state index contributed by atoms with van der Waals surface area (Å²) in [5.41, 5.74) is 0. The molecule has 0 aromatic heterocycles. The molecule has 0 bridgehead atoms. The number of nitrogens with one attached hydrogen (secondary N) is 1. The molecule has 2 atom stereocenters. The Morgan fingerprint density at radius 1 is 1.31 bits per heavy atom. The first-order valence-corrected chi connectivity index (χ1v) is 5.23. The van der Waals surface area contributed by atoms with Gasteiger partial charge in [0.2, 0.25) is 0 Å². The topological polar surface area (TPSA) is 52.5 Å². The van der Waals surface area contributed by atoms with E-state index in [1.165, 1.54) is 0 Å². The molecule has 0 amide bonds. The lowest BCUT2D eigenvalue weighted by molar-refractivity contribution is 0.158. The third-order valence-electron chi connectivity index (χ3n) is 2.24. The molecule has 0 aliphatic carbocycles. The third kappa shape index (κ3) is 8.22. The van der Waals surface area contributed by atoms with Crippen LogP contribution >= 0.6 is 0 Å². The first kappa shape index (κ1) is 12.9. The fourth-order valence-corrected chi connectivity index (χ4v) is 1.20. The van der Waals surface area contributed by atoms with Crippen LogP contribution in [-0.4, -0.2) is 35.5 Å². The van der Waals surface area contributed by atoms with Gasteiger partial charge < -0.3 is 15.5 Å². The van der Waals surface area contributed by atoms with Gasteiger partial charge in [0.15, 0.2) is 0 Å². The van der Waals surface area contributed by atoms with Gasteiger partial charge >= 0.3 is 0 Å². The smallest absolute Gasteiger partial charge is 0.0549 e. The molecule has 0 saturated heterocycles. The fourth-order valence-electron chi connectivity index (χ4n) is 1.20. The van der Waals surface area contributed by atoms with Crippen molar-refractivity contribution in [3.63, 3.8) is 0 Å². The first-order valence-electron chi connectivity index (χ1n) is 5.23. The second-order valence-electron chi connectivity index (χ2n) is 3.57. The van der Waals surface area contributed by atoms with E-state index in [2.05, 4.69) is 12.2 Å². The molecule has 0 rings (SSSR count). The summed E-state index contributed by atoms with van der Waals surface area (Å²) in [6.07, 6.45) is 3.33. The van der Waals surface area contributed by atoms with E-state index in [-0.39, 0.29) is 12.7 Å². The summed E-state index contributed by atoms with van der Waals surface area (Å²) in [6.45, 7) is 5.22. The highest BCUT2D eigenvalue weighted by Crippen LogP contribution is 1.98. The van der Waals surface area contributed by atoms with E-state index in [1.807, 2.05) is 6.92 Å². The zero-order valence-corrected chi connectivity index (χ0v) is 8.79. The molecule has 0 aliphatic rings. The summed E-state index contributed by atoms with van der Waals surface area (Å²) in [5, 5.41) is 21.2. The largest absolute Gasteiger partial charge is 0.396 e. The maximum absolute atomic E-state index is 9.27. The van der Waals surface area contributed by atoms with E-state index in [0.29, 0.717) is 6.04 Å². The quantitative estimate of drug-likeness (QED) is 0.532. The lowest BCUT2D eigenvalue weighted by atomic mass is 10.1. The van der Waals surface area contributed by atoms with Crippen LogP contribution in [0.5, 0.6) is 0 Å². The summed E-state index contributed by atoms with van der Waals surface area (Å²) in [4.78, 5) is 0. The Balaban J connectivity index is 3.21. The molecule has 0 aromatic carbocycles. The van der Waals surface area contributed by atoms with Gasteiger partial charge in [-0.1, -0.05) is 6.92 Å². The highest BCUT2D eigenvalue weighted by atomic mass is 16.3. The molecule has 13 heavy (non-hydrogen) atoms. The van der Waals surface area contributed by atoms with Gasteiger partial charge in [-0.3, -0.25) is 0 Å². The summed E-state index contributed by atoms with van der Waals surface area (Å²) in [6, 6.07) is 0.441. The molecule has 0 aliphatic heterocycles. The van der Waals surface area contributed by atoms with Crippen molar-refractivity contribution in [3.8, 4) is 0 Å². The molecule has 0 radical (unpaired) electrons. The summed E-state index contributed by atoms with van der Waals surface area (Å²) in [7, 11) is 0. The van der Waals surface area contributed by atoms with Crippen molar-refractivity contribution >= 4 is 0 Å². The van der Waals surface area contributed by atoms with Crippen LogP contribution in [0.3, 0.4) is 0 Å². The number of hydrogen-bond acceptors (Lipinski definition) is 3. The van der Waals surface area contributed by atoms with E-state index in [0.717, 1.165) is 32.2 Å². The van der Waals surface area contributed by atoms with E-state index >= 15 is 0 Å². The van der Waals surface area contributed by atoms with Crippen molar-refractivity contribution < 1.29 is 10.2 Å². The predicted octanol–water partition coefficient (Wildman–Crippen LogP) is 0.898. The van der Waals surface area contributed by atoms with Crippen LogP contribution in [0.4, 0.5) is 0 Å². The fraction of sp³-hybridized carbons (Fsp3) is 1.00. The predicted molar refractivity (Wildman–Crippen MR) is 54.7 cm³/mol. The molecular formula is C10H23NO2. The van der Waals surface area contributed by atoms with Crippen LogP contribution in [-0.2, 0) is 0 Å². The average Bonchev–Trinajstić information content (AvgIpc) is 2.14. The van der Waals surface area contributed by atoms with Gasteiger partial charge in [0.25, 0.3) is 0 Å². The second-order valence-corrected chi connectivity index (χ2v) is 3.57. The van der Waals surface area contributed by atoms with Crippen LogP contribution in [0, 0.1) is 0 Å². The molecule has 0 heterocycles. The highest BCUT2D eigenvalue weighted by Gasteiger charge is 2.03. The molecule has 0 fully saturated rings. The van der Waals surface area contributed by atoms with Crippen molar-refractivity contribution in [2.75, 3.05) is 13.2 Å². The van der Waals surface area contributed by atoms with E-state index < -0.39 is 0 Å². The molecule has 80 valence electrons. The lowest BCUT2D eigenvalue weighted by Gasteiger charge is -2.14. The zero-order chi connectivity index (χ0) is 10.1. The van der Waals surface area contributed by atoms with Crippen molar-refractivity contribution in [2.45, 2.75) is 51.7 Å². The van der Waals surface area contributed by atoms with Gasteiger partial charge in [0.05, 0.1) is 6.10 Å². The van der Waals surface area contributed by atoms with Crippen molar-refractivity contribution in [1.82, 2.24) is 5.32 Å². The summed E-state index contributed by atoms with van der Waals surface area (Å²) >= 11 is 0. The maximum Gasteiger partial charge on any atom is 0.0549 e. The normalized spacial score (nSPS) is 15.7. The van der Waals surface area contributed by atoms with Gasteiger partial charge in [-0.2, -0.15) is 0 Å². The monoisotopic (exact) mass is 189 g/mol. The highest BCUT2D eigenvalue weighted by molar-refractivity contribution is 4.62. The Morgan fingerprint density at radius 2 is 2.00 bits per heavy atom. The molecule has 0 saturated carbocycles. The van der Waals surface area contributed by atoms with Gasteiger partial charge in [0, 0.05) is 12.6 Å². The standard InChI is InChI=1S/C10H23NO2/c1-3-10(13)6-7-11-9(2)5-4-8-12/h9-13H,3-8H2,1-2H3. The van der Waals surface area contributed by atoms with Gasteiger partial charge in [0.1, 0.15) is 0 Å². The molecule has 0 spiro atoms. The Labute approximate surface area is 81.2 Å². The van der Waals surface area contributed by atoms with Crippen LogP contribution in [0.15, 0.2) is 0 Å². The van der Waals surface area contributed by atoms with E-state index in [4.69, 9.17) is 5.11 Å². The van der Waals surface area contributed by atoms with Crippen LogP contribution in [0.2, 0.25) is 0 Å². The minimum atomic E-state index is -0.169. The summed E-state index contributed by atoms with van der Waals surface area (Å²) in [5.74, 6) is 0. The van der Waals surface area contributed by atoms with Crippen molar-refractivity contribution in [3.05, 3.63) is 0 Å². The average molecular weight is 189 g/mol.